The maximum Gasteiger partial charge on any atom is 0.246 e. The zero-order valence-corrected chi connectivity index (χ0v) is 15.9. The quantitative estimate of drug-likeness (QED) is 0.708. The second-order valence-corrected chi connectivity index (χ2v) is 7.45. The second kappa shape index (κ2) is 7.23. The molecule has 0 atom stereocenters. The van der Waals surface area contributed by atoms with E-state index >= 15 is 0 Å². The third-order valence-corrected chi connectivity index (χ3v) is 5.45. The van der Waals surface area contributed by atoms with Crippen molar-refractivity contribution in [1.82, 2.24) is 24.8 Å². The molecular formula is C20H21N5O4. The van der Waals surface area contributed by atoms with Crippen LogP contribution in [0.5, 0.6) is 11.5 Å². The summed E-state index contributed by atoms with van der Waals surface area (Å²) in [5.74, 6) is 1.55. The molecule has 1 aromatic heterocycles. The molecular weight excluding hydrogens is 374 g/mol. The molecule has 9 nitrogen and oxygen atoms in total. The van der Waals surface area contributed by atoms with Gasteiger partial charge in [-0.15, -0.1) is 5.10 Å². The summed E-state index contributed by atoms with van der Waals surface area (Å²) in [6.07, 6.45) is 6.75. The molecule has 2 amide bonds. The lowest BCUT2D eigenvalue weighted by Gasteiger charge is -2.38. The molecule has 0 unspecified atom stereocenters. The highest BCUT2D eigenvalue weighted by Crippen LogP contribution is 2.32. The summed E-state index contributed by atoms with van der Waals surface area (Å²) < 4.78 is 12.4. The van der Waals surface area contributed by atoms with Gasteiger partial charge in [-0.25, -0.2) is 4.68 Å². The number of carbonyl (C=O) groups excluding carboxylic acids is 2. The first-order valence-electron chi connectivity index (χ1n) is 9.71. The average molecular weight is 395 g/mol. The maximum atomic E-state index is 12.4. The summed E-state index contributed by atoms with van der Waals surface area (Å²) in [6.45, 7) is 2.71. The lowest BCUT2D eigenvalue weighted by molar-refractivity contribution is -0.131. The van der Waals surface area contributed by atoms with E-state index in [1.165, 1.54) is 0 Å². The van der Waals surface area contributed by atoms with Gasteiger partial charge in [-0.3, -0.25) is 9.59 Å². The van der Waals surface area contributed by atoms with Crippen LogP contribution in [-0.2, 0) is 16.1 Å². The van der Waals surface area contributed by atoms with Crippen LogP contribution in [0.25, 0.3) is 6.08 Å². The lowest BCUT2D eigenvalue weighted by atomic mass is 10.1. The Bertz CT molecular complexity index is 979. The Morgan fingerprint density at radius 2 is 2.10 bits per heavy atom. The fraction of sp³-hybridized carbons (Fsp3) is 0.400. The molecule has 4 heterocycles. The molecule has 3 aliphatic heterocycles. The van der Waals surface area contributed by atoms with Crippen LogP contribution in [0.1, 0.15) is 30.1 Å². The number of rotatable bonds is 5. The van der Waals surface area contributed by atoms with Crippen molar-refractivity contribution in [2.24, 2.45) is 0 Å². The minimum atomic E-state index is -0.0399. The molecule has 0 bridgehead atoms. The van der Waals surface area contributed by atoms with Gasteiger partial charge in [0.1, 0.15) is 5.69 Å². The van der Waals surface area contributed by atoms with Crippen molar-refractivity contribution in [1.29, 1.82) is 0 Å². The van der Waals surface area contributed by atoms with Crippen LogP contribution >= 0.6 is 0 Å². The first-order valence-corrected chi connectivity index (χ1v) is 9.71. The van der Waals surface area contributed by atoms with Gasteiger partial charge in [0.2, 0.25) is 18.6 Å². The zero-order chi connectivity index (χ0) is 19.8. The number of fused-ring (bicyclic) bond motifs is 1. The number of aromatic nitrogens is 3. The summed E-state index contributed by atoms with van der Waals surface area (Å²) >= 11 is 0. The van der Waals surface area contributed by atoms with Crippen molar-refractivity contribution in [2.45, 2.75) is 25.4 Å². The van der Waals surface area contributed by atoms with Crippen LogP contribution in [0.2, 0.25) is 0 Å². The third kappa shape index (κ3) is 3.55. The Morgan fingerprint density at radius 1 is 1.24 bits per heavy atom. The van der Waals surface area contributed by atoms with Crippen LogP contribution in [0.15, 0.2) is 30.5 Å². The van der Waals surface area contributed by atoms with Gasteiger partial charge >= 0.3 is 0 Å². The average Bonchev–Trinajstić information content (AvgIpc) is 3.41. The lowest BCUT2D eigenvalue weighted by Crippen LogP contribution is -2.50. The molecule has 0 N–H and O–H groups in total. The van der Waals surface area contributed by atoms with Crippen molar-refractivity contribution in [3.63, 3.8) is 0 Å². The number of ether oxygens (including phenoxy) is 2. The van der Waals surface area contributed by atoms with Crippen molar-refractivity contribution < 1.29 is 19.1 Å². The van der Waals surface area contributed by atoms with E-state index < -0.39 is 0 Å². The molecule has 0 aliphatic carbocycles. The molecule has 0 radical (unpaired) electrons. The van der Waals surface area contributed by atoms with E-state index in [0.717, 1.165) is 30.0 Å². The minimum Gasteiger partial charge on any atom is -0.454 e. The van der Waals surface area contributed by atoms with E-state index in [-0.39, 0.29) is 24.6 Å². The van der Waals surface area contributed by atoms with Crippen LogP contribution < -0.4 is 9.47 Å². The van der Waals surface area contributed by atoms with E-state index in [4.69, 9.17) is 9.47 Å². The predicted octanol–water partition coefficient (Wildman–Crippen LogP) is 1.23. The molecule has 150 valence electrons. The Hall–Kier alpha value is -3.36. The first kappa shape index (κ1) is 17.7. The zero-order valence-electron chi connectivity index (χ0n) is 15.9. The van der Waals surface area contributed by atoms with Gasteiger partial charge in [0, 0.05) is 32.1 Å². The molecule has 9 heteroatoms. The SMILES string of the molecule is O=C(C=Cc1ccc2c(c1)OCO2)N1CC(n2cc(CN3CCCC3=O)nn2)C1. The standard InChI is InChI=1S/C20H21N5O4/c26-19-2-1-7-23(19)9-15-10-25(22-21-15)16-11-24(12-16)20(27)6-4-14-3-5-17-18(8-14)29-13-28-17/h3-6,8,10,16H,1-2,7,9,11-13H2. The third-order valence-electron chi connectivity index (χ3n) is 5.45. The second-order valence-electron chi connectivity index (χ2n) is 7.45. The molecule has 0 saturated carbocycles. The Labute approximate surface area is 167 Å². The predicted molar refractivity (Wildman–Crippen MR) is 102 cm³/mol. The molecule has 2 fully saturated rings. The Kier molecular flexibility index (Phi) is 4.42. The minimum absolute atomic E-state index is 0.0399. The van der Waals surface area contributed by atoms with Gasteiger partial charge in [-0.05, 0) is 30.2 Å². The topological polar surface area (TPSA) is 89.8 Å². The highest BCUT2D eigenvalue weighted by atomic mass is 16.7. The van der Waals surface area contributed by atoms with Crippen LogP contribution in [0.3, 0.4) is 0 Å². The smallest absolute Gasteiger partial charge is 0.246 e. The number of carbonyl (C=O) groups is 2. The van der Waals surface area contributed by atoms with E-state index in [1.807, 2.05) is 29.3 Å². The van der Waals surface area contributed by atoms with Gasteiger partial charge in [0.05, 0.1) is 18.8 Å². The number of hydrogen-bond acceptors (Lipinski definition) is 6. The molecule has 2 saturated heterocycles. The normalized spacial score (nSPS) is 18.7. The van der Waals surface area contributed by atoms with Gasteiger partial charge in [0.15, 0.2) is 11.5 Å². The largest absolute Gasteiger partial charge is 0.454 e. The van der Waals surface area contributed by atoms with E-state index in [1.54, 1.807) is 21.7 Å². The number of nitrogens with zero attached hydrogens (tertiary/aromatic N) is 5. The van der Waals surface area contributed by atoms with Crippen molar-refractivity contribution in [2.75, 3.05) is 26.4 Å². The first-order chi connectivity index (χ1) is 14.2. The monoisotopic (exact) mass is 395 g/mol. The molecule has 3 aliphatic rings. The summed E-state index contributed by atoms with van der Waals surface area (Å²) in [4.78, 5) is 27.7. The molecule has 0 spiro atoms. The Morgan fingerprint density at radius 3 is 2.93 bits per heavy atom. The number of hydrogen-bond donors (Lipinski definition) is 0. The van der Waals surface area contributed by atoms with Crippen LogP contribution in [0.4, 0.5) is 0 Å². The van der Waals surface area contributed by atoms with Gasteiger partial charge in [0.25, 0.3) is 0 Å². The van der Waals surface area contributed by atoms with E-state index in [0.29, 0.717) is 31.8 Å². The molecule has 2 aromatic rings. The number of likely N-dealkylation sites (tertiary alicyclic amines) is 2. The van der Waals surface area contributed by atoms with Crippen molar-refractivity contribution in [3.8, 4) is 11.5 Å². The summed E-state index contributed by atoms with van der Waals surface area (Å²) in [7, 11) is 0. The molecule has 5 rings (SSSR count). The summed E-state index contributed by atoms with van der Waals surface area (Å²) in [6, 6.07) is 5.70. The maximum absolute atomic E-state index is 12.4. The molecule has 29 heavy (non-hydrogen) atoms. The summed E-state index contributed by atoms with van der Waals surface area (Å²) in [5.41, 5.74) is 1.67. The number of benzene rings is 1. The Balaban J connectivity index is 1.14. The van der Waals surface area contributed by atoms with Crippen molar-refractivity contribution >= 4 is 17.9 Å². The van der Waals surface area contributed by atoms with Gasteiger partial charge in [-0.1, -0.05) is 11.3 Å². The fourth-order valence-corrected chi connectivity index (χ4v) is 3.72. The van der Waals surface area contributed by atoms with Gasteiger partial charge < -0.3 is 19.3 Å². The van der Waals surface area contributed by atoms with Gasteiger partial charge in [-0.2, -0.15) is 0 Å². The van der Waals surface area contributed by atoms with Crippen LogP contribution in [0, 0.1) is 0 Å². The highest BCUT2D eigenvalue weighted by Gasteiger charge is 2.32. The van der Waals surface area contributed by atoms with Crippen molar-refractivity contribution in [3.05, 3.63) is 41.7 Å². The van der Waals surface area contributed by atoms with Crippen LogP contribution in [-0.4, -0.2) is 63.0 Å². The fourth-order valence-electron chi connectivity index (χ4n) is 3.72. The van der Waals surface area contributed by atoms with E-state index in [9.17, 15) is 9.59 Å². The molecule has 1 aromatic carbocycles. The number of amides is 2. The highest BCUT2D eigenvalue weighted by molar-refractivity contribution is 5.92. The summed E-state index contributed by atoms with van der Waals surface area (Å²) in [5, 5.41) is 8.34. The van der Waals surface area contributed by atoms with E-state index in [2.05, 4.69) is 10.3 Å².